The normalized spacial score (nSPS) is 10.8. The summed E-state index contributed by atoms with van der Waals surface area (Å²) in [7, 11) is 0. The summed E-state index contributed by atoms with van der Waals surface area (Å²) >= 11 is 0. The number of Topliss-reactive ketones (excluding diaryl/α,β-unsaturated/α-hetero) is 1. The Morgan fingerprint density at radius 3 is 2.25 bits per heavy atom. The number of hydrogen-bond acceptors (Lipinski definition) is 5. The van der Waals surface area contributed by atoms with Gasteiger partial charge in [-0.3, -0.25) is 10.1 Å². The van der Waals surface area contributed by atoms with Crippen molar-refractivity contribution in [2.75, 3.05) is 5.32 Å². The van der Waals surface area contributed by atoms with E-state index in [1.807, 2.05) is 0 Å². The van der Waals surface area contributed by atoms with Gasteiger partial charge in [0, 0.05) is 11.8 Å². The maximum absolute atomic E-state index is 11.5. The largest absolute Gasteiger partial charge is 0.507 e. The van der Waals surface area contributed by atoms with Crippen LogP contribution in [-0.4, -0.2) is 33.7 Å². The predicted octanol–water partition coefficient (Wildman–Crippen LogP) is 2.01. The van der Waals surface area contributed by atoms with Gasteiger partial charge in [-0.05, 0) is 32.9 Å². The molecule has 1 aromatic rings. The molecule has 1 aromatic carbocycles. The Kier molecular flexibility index (Phi) is 4.34. The van der Waals surface area contributed by atoms with Gasteiger partial charge in [0.15, 0.2) is 0 Å². The number of carbonyl (C=O) groups excluding carboxylic acids is 2. The van der Waals surface area contributed by atoms with Crippen LogP contribution < -0.4 is 5.32 Å². The van der Waals surface area contributed by atoms with E-state index in [1.54, 1.807) is 20.8 Å². The van der Waals surface area contributed by atoms with Crippen molar-refractivity contribution < 1.29 is 29.3 Å². The third kappa shape index (κ3) is 4.27. The first-order chi connectivity index (χ1) is 9.10. The third-order valence-electron chi connectivity index (χ3n) is 2.08. The number of benzene rings is 1. The van der Waals surface area contributed by atoms with Crippen LogP contribution in [0.5, 0.6) is 5.75 Å². The van der Waals surface area contributed by atoms with E-state index in [0.717, 1.165) is 12.1 Å². The molecule has 0 aliphatic heterocycles. The number of amides is 1. The highest BCUT2D eigenvalue weighted by atomic mass is 16.6. The molecule has 0 unspecified atom stereocenters. The van der Waals surface area contributed by atoms with Crippen LogP contribution in [0, 0.1) is 0 Å². The molecule has 0 saturated heterocycles. The van der Waals surface area contributed by atoms with E-state index in [9.17, 15) is 19.5 Å². The van der Waals surface area contributed by atoms with E-state index in [-0.39, 0.29) is 11.3 Å². The first-order valence-electron chi connectivity index (χ1n) is 5.71. The number of carboxylic acid groups (broad SMARTS) is 1. The number of aromatic hydroxyl groups is 1. The number of ether oxygens (including phenoxy) is 1. The van der Waals surface area contributed by atoms with E-state index < -0.39 is 29.2 Å². The minimum Gasteiger partial charge on any atom is -0.507 e. The maximum Gasteiger partial charge on any atom is 0.412 e. The zero-order chi connectivity index (χ0) is 15.5. The lowest BCUT2D eigenvalue weighted by molar-refractivity contribution is -0.131. The van der Waals surface area contributed by atoms with Crippen molar-refractivity contribution in [3.05, 3.63) is 23.8 Å². The van der Waals surface area contributed by atoms with Crippen molar-refractivity contribution in [2.45, 2.75) is 26.4 Å². The van der Waals surface area contributed by atoms with Crippen molar-refractivity contribution in [3.63, 3.8) is 0 Å². The summed E-state index contributed by atoms with van der Waals surface area (Å²) in [6, 6.07) is 3.47. The molecular formula is C13H15NO6. The van der Waals surface area contributed by atoms with E-state index >= 15 is 0 Å². The van der Waals surface area contributed by atoms with Crippen LogP contribution in [0.15, 0.2) is 18.2 Å². The zero-order valence-corrected chi connectivity index (χ0v) is 11.3. The minimum absolute atomic E-state index is 0.179. The van der Waals surface area contributed by atoms with E-state index in [4.69, 9.17) is 9.84 Å². The summed E-state index contributed by atoms with van der Waals surface area (Å²) in [4.78, 5) is 33.2. The number of aliphatic carboxylic acids is 1. The first kappa shape index (κ1) is 15.5. The average molecular weight is 281 g/mol. The molecule has 3 N–H and O–H groups in total. The van der Waals surface area contributed by atoms with Gasteiger partial charge in [0.2, 0.25) is 0 Å². The molecular weight excluding hydrogens is 266 g/mol. The molecule has 1 amide bonds. The molecule has 7 nitrogen and oxygen atoms in total. The fourth-order valence-electron chi connectivity index (χ4n) is 1.34. The number of anilines is 1. The summed E-state index contributed by atoms with van der Waals surface area (Å²) in [5, 5.41) is 20.5. The molecule has 108 valence electrons. The Hall–Kier alpha value is -2.57. The second-order valence-corrected chi connectivity index (χ2v) is 4.99. The van der Waals surface area contributed by atoms with Crippen molar-refractivity contribution in [3.8, 4) is 5.75 Å². The molecule has 0 aliphatic carbocycles. The van der Waals surface area contributed by atoms with Crippen LogP contribution in [0.1, 0.15) is 31.1 Å². The summed E-state index contributed by atoms with van der Waals surface area (Å²) < 4.78 is 5.00. The lowest BCUT2D eigenvalue weighted by Gasteiger charge is -2.19. The SMILES string of the molecule is CC(C)(C)OC(=O)Nc1ccc(C(=O)C(=O)O)c(O)c1. The summed E-state index contributed by atoms with van der Waals surface area (Å²) in [5.41, 5.74) is -0.850. The van der Waals surface area contributed by atoms with E-state index in [1.165, 1.54) is 6.07 Å². The number of ketones is 1. The fraction of sp³-hybridized carbons (Fsp3) is 0.308. The first-order valence-corrected chi connectivity index (χ1v) is 5.71. The lowest BCUT2D eigenvalue weighted by atomic mass is 10.1. The van der Waals surface area contributed by atoms with Crippen molar-refractivity contribution in [2.24, 2.45) is 0 Å². The predicted molar refractivity (Wildman–Crippen MR) is 69.9 cm³/mol. The van der Waals surface area contributed by atoms with Crippen molar-refractivity contribution >= 4 is 23.5 Å². The number of nitrogens with one attached hydrogen (secondary N) is 1. The second-order valence-electron chi connectivity index (χ2n) is 4.99. The van der Waals surface area contributed by atoms with Crippen LogP contribution in [0.4, 0.5) is 10.5 Å². The van der Waals surface area contributed by atoms with Gasteiger partial charge in [0.05, 0.1) is 5.56 Å². The van der Waals surface area contributed by atoms with E-state index in [2.05, 4.69) is 5.32 Å². The molecule has 0 fully saturated rings. The Balaban J connectivity index is 2.86. The van der Waals surface area contributed by atoms with E-state index in [0.29, 0.717) is 0 Å². The Labute approximate surface area is 115 Å². The smallest absolute Gasteiger partial charge is 0.412 e. The number of phenolic OH excluding ortho intramolecular Hbond substituents is 1. The standard InChI is InChI=1S/C13H15NO6/c1-13(2,3)20-12(19)14-7-4-5-8(9(15)6-7)10(16)11(17)18/h4-6,15H,1-3H3,(H,14,19)(H,17,18). The van der Waals surface area contributed by atoms with Crippen LogP contribution in [-0.2, 0) is 9.53 Å². The molecule has 0 saturated carbocycles. The lowest BCUT2D eigenvalue weighted by Crippen LogP contribution is -2.27. The summed E-state index contributed by atoms with van der Waals surface area (Å²) in [6.07, 6.45) is -0.728. The number of rotatable bonds is 3. The molecule has 0 atom stereocenters. The van der Waals surface area contributed by atoms with Crippen LogP contribution in [0.3, 0.4) is 0 Å². The van der Waals surface area contributed by atoms with Crippen molar-refractivity contribution in [1.29, 1.82) is 0 Å². The molecule has 0 spiro atoms. The summed E-state index contributed by atoms with van der Waals surface area (Å²) in [6.45, 7) is 5.08. The maximum atomic E-state index is 11.5. The third-order valence-corrected chi connectivity index (χ3v) is 2.08. The number of phenols is 1. The fourth-order valence-corrected chi connectivity index (χ4v) is 1.34. The molecule has 20 heavy (non-hydrogen) atoms. The van der Waals surface area contributed by atoms with Crippen LogP contribution in [0.2, 0.25) is 0 Å². The quantitative estimate of drug-likeness (QED) is 0.577. The molecule has 1 rings (SSSR count). The molecule has 0 radical (unpaired) electrons. The van der Waals surface area contributed by atoms with Crippen molar-refractivity contribution in [1.82, 2.24) is 0 Å². The van der Waals surface area contributed by atoms with Gasteiger partial charge in [-0.25, -0.2) is 9.59 Å². The zero-order valence-electron chi connectivity index (χ0n) is 11.3. The monoisotopic (exact) mass is 281 g/mol. The summed E-state index contributed by atoms with van der Waals surface area (Å²) in [5.74, 6) is -3.44. The average Bonchev–Trinajstić information content (AvgIpc) is 2.25. The molecule has 7 heteroatoms. The van der Waals surface area contributed by atoms with Gasteiger partial charge in [-0.1, -0.05) is 0 Å². The number of hydrogen-bond donors (Lipinski definition) is 3. The second kappa shape index (κ2) is 5.60. The van der Waals surface area contributed by atoms with Gasteiger partial charge >= 0.3 is 12.1 Å². The van der Waals surface area contributed by atoms with Crippen LogP contribution in [0.25, 0.3) is 0 Å². The molecule has 0 aromatic heterocycles. The Bertz CT molecular complexity index is 558. The highest BCUT2D eigenvalue weighted by Crippen LogP contribution is 2.23. The Morgan fingerprint density at radius 1 is 1.20 bits per heavy atom. The number of carbonyl (C=O) groups is 3. The van der Waals surface area contributed by atoms with Gasteiger partial charge in [0.1, 0.15) is 11.4 Å². The minimum atomic E-state index is -1.67. The van der Waals surface area contributed by atoms with Gasteiger partial charge in [-0.15, -0.1) is 0 Å². The highest BCUT2D eigenvalue weighted by molar-refractivity contribution is 6.40. The Morgan fingerprint density at radius 2 is 1.80 bits per heavy atom. The highest BCUT2D eigenvalue weighted by Gasteiger charge is 2.20. The van der Waals surface area contributed by atoms with Gasteiger partial charge < -0.3 is 14.9 Å². The molecule has 0 aliphatic rings. The molecule has 0 bridgehead atoms. The van der Waals surface area contributed by atoms with Gasteiger partial charge in [-0.2, -0.15) is 0 Å². The topological polar surface area (TPSA) is 113 Å². The molecule has 0 heterocycles. The van der Waals surface area contributed by atoms with Crippen LogP contribution >= 0.6 is 0 Å². The number of carboxylic acids is 1. The van der Waals surface area contributed by atoms with Gasteiger partial charge in [0.25, 0.3) is 5.78 Å².